The van der Waals surface area contributed by atoms with Crippen LogP contribution < -0.4 is 5.73 Å². The second kappa shape index (κ2) is 8.55. The number of esters is 1. The van der Waals surface area contributed by atoms with E-state index in [0.717, 1.165) is 12.1 Å². The summed E-state index contributed by atoms with van der Waals surface area (Å²) in [5.41, 5.74) is 10.7. The Labute approximate surface area is 175 Å². The van der Waals surface area contributed by atoms with Crippen LogP contribution in [0.25, 0.3) is 10.9 Å². The van der Waals surface area contributed by atoms with Crippen molar-refractivity contribution < 1.29 is 9.53 Å². The van der Waals surface area contributed by atoms with Crippen molar-refractivity contribution >= 4 is 16.9 Å². The normalized spacial score (nSPS) is 12.2. The highest BCUT2D eigenvalue weighted by Gasteiger charge is 2.21. The smallest absolute Gasteiger partial charge is 0.359 e. The molecular formula is C24H26N4O2. The van der Waals surface area contributed by atoms with E-state index in [0.29, 0.717) is 17.9 Å². The van der Waals surface area contributed by atoms with Gasteiger partial charge in [-0.25, -0.2) is 9.78 Å². The quantitative estimate of drug-likeness (QED) is 0.452. The Morgan fingerprint density at radius 3 is 2.67 bits per heavy atom. The van der Waals surface area contributed by atoms with Crippen molar-refractivity contribution in [2.24, 2.45) is 5.73 Å². The maximum absolute atomic E-state index is 12.5. The van der Waals surface area contributed by atoms with Gasteiger partial charge >= 0.3 is 5.97 Å². The van der Waals surface area contributed by atoms with E-state index in [4.69, 9.17) is 10.5 Å². The number of hydrogen-bond donors (Lipinski definition) is 2. The third kappa shape index (κ3) is 4.00. The standard InChI is InChI=1S/C24H26N4O2/c1-3-28-14-18(19-11-7-8-12-21(19)28)13-20(25)23-26-16(2)22(27-23)24(29)30-15-17-9-5-4-6-10-17/h4-12,14,20H,3,13,15,25H2,1-2H3,(H,26,27)/t20-/m1/s1. The number of para-hydroxylation sites is 1. The van der Waals surface area contributed by atoms with E-state index in [1.165, 1.54) is 16.5 Å². The number of nitrogens with one attached hydrogen (secondary N) is 1. The molecule has 4 rings (SSSR count). The lowest BCUT2D eigenvalue weighted by Gasteiger charge is -2.08. The van der Waals surface area contributed by atoms with Gasteiger partial charge in [0.2, 0.25) is 0 Å². The summed E-state index contributed by atoms with van der Waals surface area (Å²) in [7, 11) is 0. The second-order valence-corrected chi connectivity index (χ2v) is 7.43. The molecule has 3 N–H and O–H groups in total. The zero-order valence-corrected chi connectivity index (χ0v) is 17.3. The fourth-order valence-electron chi connectivity index (χ4n) is 3.73. The predicted octanol–water partition coefficient (Wildman–Crippen LogP) is 4.29. The zero-order valence-electron chi connectivity index (χ0n) is 17.3. The van der Waals surface area contributed by atoms with Gasteiger partial charge in [-0.1, -0.05) is 48.5 Å². The van der Waals surface area contributed by atoms with Crippen LogP contribution in [0.5, 0.6) is 0 Å². The van der Waals surface area contributed by atoms with Crippen LogP contribution in [-0.2, 0) is 24.3 Å². The van der Waals surface area contributed by atoms with Gasteiger partial charge in [-0.15, -0.1) is 0 Å². The fraction of sp³-hybridized carbons (Fsp3) is 0.250. The molecule has 6 nitrogen and oxygen atoms in total. The first kappa shape index (κ1) is 19.9. The number of carbonyl (C=O) groups excluding carboxylic acids is 1. The number of rotatable bonds is 7. The van der Waals surface area contributed by atoms with Crippen LogP contribution >= 0.6 is 0 Å². The number of imidazole rings is 1. The Hall–Kier alpha value is -3.38. The summed E-state index contributed by atoms with van der Waals surface area (Å²) in [6.45, 7) is 5.04. The summed E-state index contributed by atoms with van der Waals surface area (Å²) in [4.78, 5) is 20.1. The molecule has 154 valence electrons. The SMILES string of the molecule is CCn1cc(C[C@@H](N)c2nc(C(=O)OCc3ccccc3)c(C)[nH]2)c2ccccc21. The molecule has 0 radical (unpaired) electrons. The minimum absolute atomic E-state index is 0.212. The van der Waals surface area contributed by atoms with Crippen molar-refractivity contribution in [3.05, 3.63) is 89.1 Å². The molecule has 0 aliphatic carbocycles. The number of fused-ring (bicyclic) bond motifs is 1. The van der Waals surface area contributed by atoms with Crippen LogP contribution in [0.2, 0.25) is 0 Å². The summed E-state index contributed by atoms with van der Waals surface area (Å²) < 4.78 is 7.64. The number of aryl methyl sites for hydroxylation is 2. The summed E-state index contributed by atoms with van der Waals surface area (Å²) in [5, 5.41) is 1.19. The van der Waals surface area contributed by atoms with E-state index in [-0.39, 0.29) is 18.3 Å². The van der Waals surface area contributed by atoms with E-state index in [9.17, 15) is 4.79 Å². The lowest BCUT2D eigenvalue weighted by atomic mass is 10.1. The summed E-state index contributed by atoms with van der Waals surface area (Å²) in [6.07, 6.45) is 2.77. The molecule has 0 saturated carbocycles. The molecule has 4 aromatic rings. The Kier molecular flexibility index (Phi) is 5.68. The summed E-state index contributed by atoms with van der Waals surface area (Å²) in [6, 6.07) is 17.5. The molecule has 2 aromatic carbocycles. The third-order valence-electron chi connectivity index (χ3n) is 5.31. The average molecular weight is 402 g/mol. The van der Waals surface area contributed by atoms with E-state index in [1.807, 2.05) is 49.4 Å². The van der Waals surface area contributed by atoms with Gasteiger partial charge in [-0.3, -0.25) is 0 Å². The molecule has 0 amide bonds. The highest BCUT2D eigenvalue weighted by molar-refractivity contribution is 5.88. The lowest BCUT2D eigenvalue weighted by molar-refractivity contribution is 0.0465. The number of hydrogen-bond acceptors (Lipinski definition) is 4. The largest absolute Gasteiger partial charge is 0.456 e. The number of H-pyrrole nitrogens is 1. The molecule has 0 aliphatic heterocycles. The minimum Gasteiger partial charge on any atom is -0.456 e. The molecule has 1 atom stereocenters. The molecule has 2 aromatic heterocycles. The number of aromatic amines is 1. The molecule has 0 spiro atoms. The monoisotopic (exact) mass is 402 g/mol. The van der Waals surface area contributed by atoms with Crippen LogP contribution in [0.15, 0.2) is 60.8 Å². The van der Waals surface area contributed by atoms with Crippen molar-refractivity contribution in [2.75, 3.05) is 0 Å². The topological polar surface area (TPSA) is 85.9 Å². The van der Waals surface area contributed by atoms with Crippen LogP contribution in [0.1, 0.15) is 46.1 Å². The lowest BCUT2D eigenvalue weighted by Crippen LogP contribution is -2.15. The van der Waals surface area contributed by atoms with Gasteiger partial charge in [-0.05, 0) is 37.5 Å². The summed E-state index contributed by atoms with van der Waals surface area (Å²) >= 11 is 0. The minimum atomic E-state index is -0.450. The van der Waals surface area contributed by atoms with E-state index < -0.39 is 5.97 Å². The Bertz CT molecular complexity index is 1160. The molecular weight excluding hydrogens is 376 g/mol. The molecule has 0 saturated heterocycles. The van der Waals surface area contributed by atoms with Crippen LogP contribution in [-0.4, -0.2) is 20.5 Å². The van der Waals surface area contributed by atoms with Crippen molar-refractivity contribution in [2.45, 2.75) is 39.5 Å². The van der Waals surface area contributed by atoms with E-state index >= 15 is 0 Å². The van der Waals surface area contributed by atoms with E-state index in [1.54, 1.807) is 0 Å². The van der Waals surface area contributed by atoms with Crippen molar-refractivity contribution in [1.82, 2.24) is 14.5 Å². The van der Waals surface area contributed by atoms with Crippen LogP contribution in [0, 0.1) is 6.92 Å². The number of ether oxygens (including phenoxy) is 1. The number of aromatic nitrogens is 3. The maximum Gasteiger partial charge on any atom is 0.359 e. The summed E-state index contributed by atoms with van der Waals surface area (Å²) in [5.74, 6) is 0.140. The fourth-order valence-corrected chi connectivity index (χ4v) is 3.73. The van der Waals surface area contributed by atoms with Crippen molar-refractivity contribution in [1.29, 1.82) is 0 Å². The van der Waals surface area contributed by atoms with Gasteiger partial charge in [0.15, 0.2) is 5.69 Å². The van der Waals surface area contributed by atoms with Gasteiger partial charge in [0.25, 0.3) is 0 Å². The van der Waals surface area contributed by atoms with Gasteiger partial charge in [-0.2, -0.15) is 0 Å². The number of benzene rings is 2. The van der Waals surface area contributed by atoms with Gasteiger partial charge in [0.1, 0.15) is 12.4 Å². The second-order valence-electron chi connectivity index (χ2n) is 7.43. The Balaban J connectivity index is 1.49. The first-order valence-electron chi connectivity index (χ1n) is 10.2. The highest BCUT2D eigenvalue weighted by Crippen LogP contribution is 2.25. The highest BCUT2D eigenvalue weighted by atomic mass is 16.5. The average Bonchev–Trinajstić information content (AvgIpc) is 3.33. The van der Waals surface area contributed by atoms with Crippen molar-refractivity contribution in [3.8, 4) is 0 Å². The van der Waals surface area contributed by atoms with Gasteiger partial charge < -0.3 is 20.0 Å². The Morgan fingerprint density at radius 2 is 1.90 bits per heavy atom. The maximum atomic E-state index is 12.5. The number of nitrogens with zero attached hydrogens (tertiary/aromatic N) is 2. The predicted molar refractivity (Wildman–Crippen MR) is 117 cm³/mol. The third-order valence-corrected chi connectivity index (χ3v) is 5.31. The molecule has 0 bridgehead atoms. The molecule has 30 heavy (non-hydrogen) atoms. The van der Waals surface area contributed by atoms with Crippen molar-refractivity contribution in [3.63, 3.8) is 0 Å². The molecule has 0 fully saturated rings. The zero-order chi connectivity index (χ0) is 21.1. The Morgan fingerprint density at radius 1 is 1.17 bits per heavy atom. The molecule has 2 heterocycles. The van der Waals surface area contributed by atoms with Crippen LogP contribution in [0.4, 0.5) is 0 Å². The molecule has 0 unspecified atom stereocenters. The first-order chi connectivity index (χ1) is 14.6. The van der Waals surface area contributed by atoms with Gasteiger partial charge in [0.05, 0.1) is 6.04 Å². The molecule has 6 heteroatoms. The molecule has 0 aliphatic rings. The van der Waals surface area contributed by atoms with E-state index in [2.05, 4.69) is 39.8 Å². The van der Waals surface area contributed by atoms with Crippen LogP contribution in [0.3, 0.4) is 0 Å². The van der Waals surface area contributed by atoms with Gasteiger partial charge in [0, 0.05) is 29.3 Å². The number of nitrogens with two attached hydrogens (primary N) is 1. The number of carbonyl (C=O) groups is 1. The first-order valence-corrected chi connectivity index (χ1v) is 10.2.